The van der Waals surface area contributed by atoms with Crippen LogP contribution in [0.4, 0.5) is 0 Å². The van der Waals surface area contributed by atoms with Crippen molar-refractivity contribution in [1.82, 2.24) is 4.98 Å². The van der Waals surface area contributed by atoms with Crippen LogP contribution in [0.2, 0.25) is 0 Å². The van der Waals surface area contributed by atoms with Gasteiger partial charge in [0.1, 0.15) is 12.4 Å². The number of carboxylic acid groups (broad SMARTS) is 1. The zero-order valence-corrected chi connectivity index (χ0v) is 11.1. The van der Waals surface area contributed by atoms with Gasteiger partial charge in [0.2, 0.25) is 6.33 Å². The van der Waals surface area contributed by atoms with Crippen LogP contribution in [0.1, 0.15) is 34.8 Å². The Morgan fingerprint density at radius 3 is 2.89 bits per heavy atom. The van der Waals surface area contributed by atoms with Gasteiger partial charge in [0.05, 0.1) is 12.1 Å². The van der Waals surface area contributed by atoms with Crippen molar-refractivity contribution in [2.45, 2.75) is 32.7 Å². The van der Waals surface area contributed by atoms with E-state index in [1.54, 1.807) is 6.07 Å². The lowest BCUT2D eigenvalue weighted by Gasteiger charge is -2.07. The minimum absolute atomic E-state index is 0.443. The van der Waals surface area contributed by atoms with Gasteiger partial charge < -0.3 is 5.11 Å². The lowest BCUT2D eigenvalue weighted by molar-refractivity contribution is -0.696. The quantitative estimate of drug-likeness (QED) is 0.781. The van der Waals surface area contributed by atoms with Crippen LogP contribution in [0.5, 0.6) is 0 Å². The summed E-state index contributed by atoms with van der Waals surface area (Å²) in [6.07, 6.45) is 8.31. The van der Waals surface area contributed by atoms with E-state index in [1.165, 1.54) is 0 Å². The molecule has 0 amide bonds. The van der Waals surface area contributed by atoms with Crippen molar-refractivity contribution in [3.63, 3.8) is 0 Å². The second-order valence-electron chi connectivity index (χ2n) is 4.60. The molecular formula is C15H19N2O2+. The Hall–Kier alpha value is -2.10. The number of nitrogens with zero attached hydrogens (tertiary/aromatic N) is 1. The predicted molar refractivity (Wildman–Crippen MR) is 72.1 cm³/mol. The topological polar surface area (TPSA) is 57.0 Å². The minimum Gasteiger partial charge on any atom is -0.478 e. The van der Waals surface area contributed by atoms with Gasteiger partial charge in [-0.1, -0.05) is 19.1 Å². The largest absolute Gasteiger partial charge is 0.478 e. The third-order valence-corrected chi connectivity index (χ3v) is 3.28. The molecule has 1 heterocycles. The number of hydrogen-bond acceptors (Lipinski definition) is 1. The van der Waals surface area contributed by atoms with Gasteiger partial charge >= 0.3 is 5.97 Å². The van der Waals surface area contributed by atoms with Crippen LogP contribution >= 0.6 is 0 Å². The van der Waals surface area contributed by atoms with E-state index in [2.05, 4.69) is 9.55 Å². The zero-order chi connectivity index (χ0) is 13.7. The van der Waals surface area contributed by atoms with Crippen molar-refractivity contribution in [2.24, 2.45) is 0 Å². The van der Waals surface area contributed by atoms with Crippen LogP contribution < -0.4 is 4.57 Å². The molecule has 4 heteroatoms. The monoisotopic (exact) mass is 259 g/mol. The Bertz CT molecular complexity index is 547. The van der Waals surface area contributed by atoms with Crippen molar-refractivity contribution in [3.8, 4) is 0 Å². The van der Waals surface area contributed by atoms with Crippen molar-refractivity contribution in [2.75, 3.05) is 0 Å². The van der Waals surface area contributed by atoms with E-state index < -0.39 is 5.97 Å². The Morgan fingerprint density at radius 2 is 2.26 bits per heavy atom. The molecule has 4 nitrogen and oxygen atoms in total. The summed E-state index contributed by atoms with van der Waals surface area (Å²) in [7, 11) is 0. The van der Waals surface area contributed by atoms with Crippen LogP contribution in [0.3, 0.4) is 0 Å². The molecule has 0 bridgehead atoms. The van der Waals surface area contributed by atoms with Gasteiger partial charge in [-0.25, -0.2) is 9.36 Å². The first kappa shape index (κ1) is 13.3. The summed E-state index contributed by atoms with van der Waals surface area (Å²) in [6.45, 7) is 2.92. The maximum atomic E-state index is 11.3. The molecule has 100 valence electrons. The number of rotatable bonds is 6. The fourth-order valence-electron chi connectivity index (χ4n) is 2.17. The lowest BCUT2D eigenvalue weighted by Crippen LogP contribution is -2.30. The van der Waals surface area contributed by atoms with Crippen LogP contribution in [0, 0.1) is 0 Å². The highest BCUT2D eigenvalue weighted by molar-refractivity contribution is 5.89. The van der Waals surface area contributed by atoms with E-state index >= 15 is 0 Å². The molecule has 0 aliphatic rings. The maximum Gasteiger partial charge on any atom is 0.335 e. The third kappa shape index (κ3) is 3.44. The SMILES string of the molecule is CCc1ccc(CCC[n+]2cc[nH]c2)c(C(=O)O)c1. The number of aromatic nitrogens is 2. The van der Waals surface area contributed by atoms with E-state index in [0.29, 0.717) is 5.56 Å². The average molecular weight is 259 g/mol. The van der Waals surface area contributed by atoms with Crippen LogP contribution in [0.25, 0.3) is 0 Å². The molecule has 19 heavy (non-hydrogen) atoms. The number of carboxylic acids is 1. The standard InChI is InChI=1S/C15H18N2O2/c1-2-12-5-6-13(14(10-12)15(18)19)4-3-8-17-9-7-16-11-17/h5-7,9-11H,2-4,8H2,1H3,(H,18,19)/p+1. The van der Waals surface area contributed by atoms with Gasteiger partial charge in [-0.05, 0) is 36.5 Å². The molecule has 2 rings (SSSR count). The van der Waals surface area contributed by atoms with Gasteiger partial charge in [-0.3, -0.25) is 4.98 Å². The van der Waals surface area contributed by atoms with Crippen molar-refractivity contribution >= 4 is 5.97 Å². The normalized spacial score (nSPS) is 10.6. The summed E-state index contributed by atoms with van der Waals surface area (Å²) in [5.41, 5.74) is 2.43. The second kappa shape index (κ2) is 6.18. The molecule has 0 radical (unpaired) electrons. The highest BCUT2D eigenvalue weighted by Gasteiger charge is 2.10. The van der Waals surface area contributed by atoms with Gasteiger partial charge in [0.25, 0.3) is 0 Å². The highest BCUT2D eigenvalue weighted by Crippen LogP contribution is 2.15. The van der Waals surface area contributed by atoms with Crippen molar-refractivity contribution in [1.29, 1.82) is 0 Å². The van der Waals surface area contributed by atoms with Gasteiger partial charge in [0.15, 0.2) is 0 Å². The fraction of sp³-hybridized carbons (Fsp3) is 0.333. The van der Waals surface area contributed by atoms with E-state index in [-0.39, 0.29) is 0 Å². The Morgan fingerprint density at radius 1 is 1.42 bits per heavy atom. The first-order chi connectivity index (χ1) is 9.20. The van der Waals surface area contributed by atoms with E-state index in [9.17, 15) is 9.90 Å². The molecule has 0 unspecified atom stereocenters. The van der Waals surface area contributed by atoms with Crippen molar-refractivity contribution < 1.29 is 14.5 Å². The minimum atomic E-state index is -0.834. The molecule has 0 fully saturated rings. The summed E-state index contributed by atoms with van der Waals surface area (Å²) in [6, 6.07) is 5.76. The third-order valence-electron chi connectivity index (χ3n) is 3.28. The number of benzene rings is 1. The predicted octanol–water partition coefficient (Wildman–Crippen LogP) is 2.20. The number of imidazole rings is 1. The maximum absolute atomic E-state index is 11.3. The van der Waals surface area contributed by atoms with Gasteiger partial charge in [0, 0.05) is 0 Å². The molecule has 1 aromatic carbocycles. The summed E-state index contributed by atoms with van der Waals surface area (Å²) in [4.78, 5) is 14.3. The summed E-state index contributed by atoms with van der Waals surface area (Å²) in [5, 5.41) is 9.26. The molecule has 0 aliphatic heterocycles. The second-order valence-corrected chi connectivity index (χ2v) is 4.60. The molecule has 0 saturated heterocycles. The molecule has 0 spiro atoms. The number of nitrogens with one attached hydrogen (secondary N) is 1. The first-order valence-electron chi connectivity index (χ1n) is 6.57. The summed E-state index contributed by atoms with van der Waals surface area (Å²) in [5.74, 6) is -0.834. The number of aromatic amines is 1. The Kier molecular flexibility index (Phi) is 4.34. The number of H-pyrrole nitrogens is 1. The molecule has 1 aromatic heterocycles. The number of hydrogen-bond donors (Lipinski definition) is 2. The molecule has 2 aromatic rings. The average Bonchev–Trinajstić information content (AvgIpc) is 2.92. The number of carbonyl (C=O) groups is 1. The highest BCUT2D eigenvalue weighted by atomic mass is 16.4. The van der Waals surface area contributed by atoms with Crippen LogP contribution in [-0.2, 0) is 19.4 Å². The smallest absolute Gasteiger partial charge is 0.335 e. The zero-order valence-electron chi connectivity index (χ0n) is 11.1. The molecule has 2 N–H and O–H groups in total. The van der Waals surface area contributed by atoms with E-state index in [4.69, 9.17) is 0 Å². The summed E-state index contributed by atoms with van der Waals surface area (Å²) >= 11 is 0. The summed E-state index contributed by atoms with van der Waals surface area (Å²) < 4.78 is 2.06. The molecule has 0 aliphatic carbocycles. The Balaban J connectivity index is 2.04. The Labute approximate surface area is 112 Å². The van der Waals surface area contributed by atoms with E-state index in [1.807, 2.05) is 37.8 Å². The lowest BCUT2D eigenvalue weighted by atomic mass is 9.99. The molecular weight excluding hydrogens is 240 g/mol. The first-order valence-corrected chi connectivity index (χ1v) is 6.57. The fourth-order valence-corrected chi connectivity index (χ4v) is 2.17. The molecule has 0 atom stereocenters. The van der Waals surface area contributed by atoms with Gasteiger partial charge in [-0.2, -0.15) is 0 Å². The van der Waals surface area contributed by atoms with Crippen molar-refractivity contribution in [3.05, 3.63) is 53.6 Å². The van der Waals surface area contributed by atoms with Gasteiger partial charge in [-0.15, -0.1) is 0 Å². The number of aryl methyl sites for hydroxylation is 3. The van der Waals surface area contributed by atoms with Crippen LogP contribution in [0.15, 0.2) is 36.9 Å². The number of aromatic carboxylic acids is 1. The van der Waals surface area contributed by atoms with E-state index in [0.717, 1.165) is 36.9 Å². The molecule has 0 saturated carbocycles. The van der Waals surface area contributed by atoms with Crippen LogP contribution in [-0.4, -0.2) is 16.1 Å².